The molecule has 0 aromatic heterocycles. The second-order valence-corrected chi connectivity index (χ2v) is 9.77. The molecule has 0 fully saturated rings. The standard InChI is InChI=1S/C3H11BBrP/c1-6(2,3)4-5/h4,6H,1-3H3. The second kappa shape index (κ2) is 2.33. The van der Waals surface area contributed by atoms with Gasteiger partial charge in [0.25, 0.3) is 0 Å². The van der Waals surface area contributed by atoms with Gasteiger partial charge in [-0.3, -0.25) is 0 Å². The van der Waals surface area contributed by atoms with Crippen LogP contribution in [0.25, 0.3) is 0 Å². The molecule has 0 aliphatic rings. The van der Waals surface area contributed by atoms with Crippen molar-refractivity contribution in [2.45, 2.75) is 0 Å². The Morgan fingerprint density at radius 3 is 1.50 bits per heavy atom. The third-order valence-corrected chi connectivity index (χ3v) is 6.25. The van der Waals surface area contributed by atoms with Crippen LogP contribution in [0.4, 0.5) is 0 Å². The number of hydrogen-bond acceptors (Lipinski definition) is 0. The van der Waals surface area contributed by atoms with Gasteiger partial charge in [-0.15, -0.1) is 0 Å². The minimum absolute atomic E-state index is 0.715. The Kier molecular flexibility index (Phi) is 2.70. The van der Waals surface area contributed by atoms with E-state index in [-0.39, 0.29) is 0 Å². The van der Waals surface area contributed by atoms with Crippen molar-refractivity contribution in [3.05, 3.63) is 0 Å². The number of rotatable bonds is 1. The van der Waals surface area contributed by atoms with Crippen LogP contribution in [0.3, 0.4) is 0 Å². The van der Waals surface area contributed by atoms with Crippen LogP contribution in [0.5, 0.6) is 0 Å². The van der Waals surface area contributed by atoms with Gasteiger partial charge in [0.05, 0.1) is 0 Å². The molecule has 0 atom stereocenters. The van der Waals surface area contributed by atoms with E-state index in [2.05, 4.69) is 35.8 Å². The van der Waals surface area contributed by atoms with Crippen LogP contribution in [0.2, 0.25) is 0 Å². The summed E-state index contributed by atoms with van der Waals surface area (Å²) in [5, 5.41) is 0. The summed E-state index contributed by atoms with van der Waals surface area (Å²) in [4.78, 5) is 0. The Morgan fingerprint density at radius 1 is 1.33 bits per heavy atom. The van der Waals surface area contributed by atoms with Crippen LogP contribution < -0.4 is 0 Å². The van der Waals surface area contributed by atoms with Crippen LogP contribution in [0, 0.1) is 0 Å². The van der Waals surface area contributed by atoms with Crippen molar-refractivity contribution in [2.24, 2.45) is 0 Å². The van der Waals surface area contributed by atoms with Gasteiger partial charge >= 0.3 is 48.7 Å². The van der Waals surface area contributed by atoms with Crippen LogP contribution in [-0.2, 0) is 0 Å². The molecule has 0 bridgehead atoms. The summed E-state index contributed by atoms with van der Waals surface area (Å²) in [6.07, 6.45) is 0. The van der Waals surface area contributed by atoms with Crippen LogP contribution in [0.15, 0.2) is 0 Å². The molecule has 0 unspecified atom stereocenters. The first-order chi connectivity index (χ1) is 2.56. The van der Waals surface area contributed by atoms with Crippen LogP contribution in [0.1, 0.15) is 0 Å². The van der Waals surface area contributed by atoms with E-state index in [4.69, 9.17) is 0 Å². The van der Waals surface area contributed by atoms with Gasteiger partial charge in [0.15, 0.2) is 0 Å². The summed E-state index contributed by atoms with van der Waals surface area (Å²) in [6, 6.07) is 0. The van der Waals surface area contributed by atoms with Gasteiger partial charge in [-0.05, 0) is 0 Å². The van der Waals surface area contributed by atoms with Gasteiger partial charge in [-0.1, -0.05) is 0 Å². The first-order valence-corrected chi connectivity index (χ1v) is 6.95. The van der Waals surface area contributed by atoms with E-state index in [1.54, 1.807) is 0 Å². The monoisotopic (exact) mass is 168 g/mol. The molecular weight excluding hydrogens is 158 g/mol. The van der Waals surface area contributed by atoms with E-state index in [9.17, 15) is 0 Å². The van der Waals surface area contributed by atoms with E-state index < -0.39 is 7.14 Å². The molecule has 0 aromatic rings. The fourth-order valence-electron chi connectivity index (χ4n) is 0. The molecule has 0 nitrogen and oxygen atoms in total. The Hall–Kier alpha value is 0.975. The van der Waals surface area contributed by atoms with Gasteiger partial charge in [0.1, 0.15) is 0 Å². The van der Waals surface area contributed by atoms with Crippen molar-refractivity contribution in [1.82, 2.24) is 0 Å². The van der Waals surface area contributed by atoms with Crippen LogP contribution in [-0.4, -0.2) is 25.8 Å². The van der Waals surface area contributed by atoms with Crippen molar-refractivity contribution in [3.8, 4) is 0 Å². The maximum atomic E-state index is 3.43. The Labute approximate surface area is 49.2 Å². The number of hydrogen-bond donors (Lipinski definition) is 0. The molecular formula is C3H11BBrP. The van der Waals surface area contributed by atoms with Crippen molar-refractivity contribution < 1.29 is 0 Å². The SMILES string of the molecule is C[PH](C)(C)BBr. The van der Waals surface area contributed by atoms with E-state index in [0.717, 1.165) is 0 Å². The van der Waals surface area contributed by atoms with Crippen molar-refractivity contribution >= 4 is 28.7 Å². The van der Waals surface area contributed by atoms with E-state index in [1.807, 2.05) is 0 Å². The molecule has 0 amide bonds. The molecule has 0 saturated carbocycles. The van der Waals surface area contributed by atoms with Gasteiger partial charge in [-0.2, -0.15) is 0 Å². The van der Waals surface area contributed by atoms with E-state index in [1.165, 1.54) is 5.82 Å². The number of halogens is 1. The first-order valence-electron chi connectivity index (χ1n) is 2.12. The molecule has 0 aromatic carbocycles. The zero-order valence-corrected chi connectivity index (χ0v) is 7.17. The zero-order valence-electron chi connectivity index (χ0n) is 4.59. The summed E-state index contributed by atoms with van der Waals surface area (Å²) in [7, 11) is -0.715. The Bertz CT molecular complexity index is 40.5. The van der Waals surface area contributed by atoms with E-state index >= 15 is 0 Å². The van der Waals surface area contributed by atoms with Gasteiger partial charge in [0, 0.05) is 0 Å². The van der Waals surface area contributed by atoms with Crippen LogP contribution >= 0.6 is 22.9 Å². The van der Waals surface area contributed by atoms with Crippen molar-refractivity contribution in [3.63, 3.8) is 0 Å². The quantitative estimate of drug-likeness (QED) is 0.409. The van der Waals surface area contributed by atoms with Gasteiger partial charge in [0.2, 0.25) is 0 Å². The summed E-state index contributed by atoms with van der Waals surface area (Å²) in [5.74, 6) is 1.22. The molecule has 0 saturated heterocycles. The summed E-state index contributed by atoms with van der Waals surface area (Å²) >= 11 is 3.43. The molecule has 38 valence electrons. The van der Waals surface area contributed by atoms with E-state index in [0.29, 0.717) is 0 Å². The summed E-state index contributed by atoms with van der Waals surface area (Å²) in [5.41, 5.74) is 0. The molecule has 0 spiro atoms. The molecule has 0 aliphatic carbocycles. The predicted molar refractivity (Wildman–Crippen MR) is 42.2 cm³/mol. The average molecular weight is 169 g/mol. The minimum atomic E-state index is -0.715. The molecule has 0 aliphatic heterocycles. The predicted octanol–water partition coefficient (Wildman–Crippen LogP) is 1.29. The third-order valence-electron chi connectivity index (χ3n) is 0.401. The zero-order chi connectivity index (χ0) is 5.21. The summed E-state index contributed by atoms with van der Waals surface area (Å²) in [6.45, 7) is 7.01. The van der Waals surface area contributed by atoms with Gasteiger partial charge < -0.3 is 0 Å². The molecule has 0 heterocycles. The van der Waals surface area contributed by atoms with Gasteiger partial charge in [-0.25, -0.2) is 0 Å². The Morgan fingerprint density at radius 2 is 1.50 bits per heavy atom. The average Bonchev–Trinajstić information content (AvgIpc) is 1.35. The fraction of sp³-hybridized carbons (Fsp3) is 1.00. The molecule has 3 heteroatoms. The Balaban J connectivity index is 3.17. The third kappa shape index (κ3) is 4.97. The van der Waals surface area contributed by atoms with Crippen molar-refractivity contribution in [1.29, 1.82) is 0 Å². The molecule has 6 heavy (non-hydrogen) atoms. The summed E-state index contributed by atoms with van der Waals surface area (Å²) < 4.78 is 0. The normalized spacial score (nSPS) is 14.0. The second-order valence-electron chi connectivity index (χ2n) is 2.69. The maximum absolute atomic E-state index is 3.43. The van der Waals surface area contributed by atoms with Crippen molar-refractivity contribution in [2.75, 3.05) is 20.0 Å². The topological polar surface area (TPSA) is 0 Å². The first kappa shape index (κ1) is 6.97. The fourth-order valence-corrected chi connectivity index (χ4v) is 0. The molecule has 0 N–H and O–H groups in total. The molecule has 0 radical (unpaired) electrons. The molecule has 0 rings (SSSR count).